The maximum atomic E-state index is 6.96. The average Bonchev–Trinajstić information content (AvgIpc) is 3.51. The molecule has 2 saturated heterocycles. The zero-order valence-corrected chi connectivity index (χ0v) is 28.4. The molecule has 0 amide bonds. The van der Waals surface area contributed by atoms with Crippen LogP contribution in [0.2, 0.25) is 0 Å². The number of hydrogen-bond donors (Lipinski definition) is 0. The highest BCUT2D eigenvalue weighted by molar-refractivity contribution is 7.73. The molecule has 0 N–H and O–H groups in total. The van der Waals surface area contributed by atoms with E-state index >= 15 is 0 Å². The van der Waals surface area contributed by atoms with Crippen LogP contribution in [0.15, 0.2) is 142 Å². The molecule has 6 aromatic carbocycles. The Morgan fingerprint density at radius 3 is 1.71 bits per heavy atom. The van der Waals surface area contributed by atoms with Crippen LogP contribution in [0.3, 0.4) is 0 Å². The third kappa shape index (κ3) is 5.44. The number of ether oxygens (including phenoxy) is 3. The zero-order chi connectivity index (χ0) is 32.2. The van der Waals surface area contributed by atoms with E-state index in [1.807, 2.05) is 26.0 Å². The Bertz CT molecular complexity index is 2170. The second-order valence-electron chi connectivity index (χ2n) is 12.7. The van der Waals surface area contributed by atoms with E-state index in [2.05, 4.69) is 121 Å². The van der Waals surface area contributed by atoms with Crippen molar-refractivity contribution in [2.75, 3.05) is 6.16 Å². The molecule has 7 aromatic rings. The van der Waals surface area contributed by atoms with Crippen molar-refractivity contribution in [2.24, 2.45) is 0 Å². The molecule has 0 radical (unpaired) electrons. The smallest absolute Gasteiger partial charge is 0.387 e. The van der Waals surface area contributed by atoms with Gasteiger partial charge >= 0.3 is 8.24 Å². The van der Waals surface area contributed by atoms with Crippen molar-refractivity contribution < 1.29 is 27.1 Å². The molecule has 8 heteroatoms. The van der Waals surface area contributed by atoms with Crippen molar-refractivity contribution in [2.45, 2.75) is 44.2 Å². The predicted octanol–water partition coefficient (Wildman–Crippen LogP) is 9.40. The average molecular weight is 673 g/mol. The van der Waals surface area contributed by atoms with Gasteiger partial charge in [-0.2, -0.15) is 0 Å². The van der Waals surface area contributed by atoms with Crippen LogP contribution in [0.4, 0.5) is 0 Å². The standard InChI is InChI=1S/C40H34O6P2/c1-40(2)42-38-37(34(41-39(38)43-40)25-47(28-15-5-3-6-16-28)29-17-7-4-8-18-29)46-48-44-32-23-21-26-13-9-11-19-30(26)35(32)36-31-20-12-10-14-27(31)22-24-33(36)45-48/h3-24,34,37-39H,25H2,1-2H3/t34-,37+,38-,39-/m1/s1. The highest BCUT2D eigenvalue weighted by Gasteiger charge is 2.56. The topological polar surface area (TPSA) is 63.2 Å². The van der Waals surface area contributed by atoms with E-state index in [-0.39, 0.29) is 6.10 Å². The molecule has 3 heterocycles. The van der Waals surface area contributed by atoms with E-state index in [4.69, 9.17) is 27.1 Å². The van der Waals surface area contributed by atoms with Gasteiger partial charge < -0.3 is 22.6 Å². The second kappa shape index (κ2) is 12.2. The lowest BCUT2D eigenvalue weighted by molar-refractivity contribution is -0.209. The summed E-state index contributed by atoms with van der Waals surface area (Å²) in [6.07, 6.45) is -1.11. The Morgan fingerprint density at radius 1 is 0.625 bits per heavy atom. The van der Waals surface area contributed by atoms with E-state index < -0.39 is 40.4 Å². The fourth-order valence-electron chi connectivity index (χ4n) is 7.07. The molecule has 0 saturated carbocycles. The summed E-state index contributed by atoms with van der Waals surface area (Å²) in [6, 6.07) is 46.3. The summed E-state index contributed by atoms with van der Waals surface area (Å²) < 4.78 is 39.9. The first-order chi connectivity index (χ1) is 23.5. The lowest BCUT2D eigenvalue weighted by Crippen LogP contribution is -2.40. The Morgan fingerprint density at radius 2 is 1.15 bits per heavy atom. The first-order valence-electron chi connectivity index (χ1n) is 16.3. The largest absolute Gasteiger partial charge is 0.399 e. The number of rotatable bonds is 6. The van der Waals surface area contributed by atoms with Crippen LogP contribution in [0.1, 0.15) is 13.8 Å². The highest BCUT2D eigenvalue weighted by Crippen LogP contribution is 2.47. The normalized spacial score (nSPS) is 21.8. The van der Waals surface area contributed by atoms with Gasteiger partial charge in [0.1, 0.15) is 23.4 Å². The van der Waals surface area contributed by atoms with Crippen molar-refractivity contribution in [1.82, 2.24) is 0 Å². The zero-order valence-electron chi connectivity index (χ0n) is 26.6. The molecule has 0 bridgehead atoms. The van der Waals surface area contributed by atoms with Crippen LogP contribution >= 0.6 is 16.2 Å². The first-order valence-corrected chi connectivity index (χ1v) is 18.9. The lowest BCUT2D eigenvalue weighted by atomic mass is 9.99. The Kier molecular flexibility index (Phi) is 7.62. The molecule has 2 aliphatic heterocycles. The Balaban J connectivity index is 1.19. The summed E-state index contributed by atoms with van der Waals surface area (Å²) in [6.45, 7) is 3.82. The lowest BCUT2D eigenvalue weighted by Gasteiger charge is -2.28. The highest BCUT2D eigenvalue weighted by atomic mass is 31.1. The van der Waals surface area contributed by atoms with Crippen LogP contribution in [-0.4, -0.2) is 36.6 Å². The Hall–Kier alpha value is -3.99. The van der Waals surface area contributed by atoms with E-state index in [0.29, 0.717) is 0 Å². The van der Waals surface area contributed by atoms with Gasteiger partial charge in [0, 0.05) is 16.9 Å². The minimum Gasteiger partial charge on any atom is -0.399 e. The molecule has 4 atom stereocenters. The molecule has 2 aliphatic rings. The summed E-state index contributed by atoms with van der Waals surface area (Å²) in [7, 11) is -2.69. The Labute approximate surface area is 280 Å². The van der Waals surface area contributed by atoms with Gasteiger partial charge in [-0.3, -0.25) is 4.52 Å². The van der Waals surface area contributed by atoms with Crippen molar-refractivity contribution in [3.8, 4) is 0 Å². The van der Waals surface area contributed by atoms with E-state index in [1.165, 1.54) is 10.6 Å². The molecule has 0 aliphatic carbocycles. The van der Waals surface area contributed by atoms with Crippen LogP contribution in [0.25, 0.3) is 43.5 Å². The first kappa shape index (κ1) is 30.1. The summed E-state index contributed by atoms with van der Waals surface area (Å²) >= 11 is 0. The second-order valence-corrected chi connectivity index (χ2v) is 16.0. The molecule has 0 unspecified atom stereocenters. The summed E-state index contributed by atoms with van der Waals surface area (Å²) in [5, 5.41) is 9.01. The molecule has 9 rings (SSSR count). The van der Waals surface area contributed by atoms with Gasteiger partial charge in [-0.05, 0) is 66.1 Å². The fraction of sp³-hybridized carbons (Fsp3) is 0.200. The third-order valence-corrected chi connectivity index (χ3v) is 12.8. The van der Waals surface area contributed by atoms with Gasteiger partial charge in [0.15, 0.2) is 12.1 Å². The van der Waals surface area contributed by atoms with Crippen LogP contribution < -0.4 is 15.1 Å². The monoisotopic (exact) mass is 672 g/mol. The molecule has 240 valence electrons. The van der Waals surface area contributed by atoms with Crippen LogP contribution in [0.5, 0.6) is 0 Å². The van der Waals surface area contributed by atoms with Gasteiger partial charge in [-0.1, -0.05) is 121 Å². The van der Waals surface area contributed by atoms with E-state index in [1.54, 1.807) is 0 Å². The SMILES string of the molecule is CC1(C)O[C@H]2O[C@H](CP(c3ccccc3)c3ccccc3)[C@H](Op3oc4ccc5ccccc5c4c4c(ccc5ccccc54)o3)[C@H]2O1. The minimum absolute atomic E-state index is 0.326. The summed E-state index contributed by atoms with van der Waals surface area (Å²) in [5.41, 5.74) is 1.45. The van der Waals surface area contributed by atoms with Gasteiger partial charge in [-0.25, -0.2) is 0 Å². The maximum Gasteiger partial charge on any atom is 0.387 e. The van der Waals surface area contributed by atoms with Crippen molar-refractivity contribution in [3.63, 3.8) is 0 Å². The molecule has 1 aromatic heterocycles. The van der Waals surface area contributed by atoms with Crippen LogP contribution in [0, 0.1) is 0 Å². The maximum absolute atomic E-state index is 6.96. The molecule has 2 fully saturated rings. The quantitative estimate of drug-likeness (QED) is 0.164. The van der Waals surface area contributed by atoms with Crippen molar-refractivity contribution in [3.05, 3.63) is 133 Å². The van der Waals surface area contributed by atoms with Crippen LogP contribution in [-0.2, 0) is 14.2 Å². The number of hydrogen-bond acceptors (Lipinski definition) is 6. The summed E-state index contributed by atoms with van der Waals surface area (Å²) in [4.78, 5) is 0. The van der Waals surface area contributed by atoms with Crippen molar-refractivity contribution in [1.29, 1.82) is 0 Å². The molecular formula is C40H34O6P2. The minimum atomic E-state index is -1.92. The molecule has 0 spiro atoms. The van der Waals surface area contributed by atoms with Crippen molar-refractivity contribution >= 4 is 70.3 Å². The van der Waals surface area contributed by atoms with Gasteiger partial charge in [-0.15, -0.1) is 0 Å². The van der Waals surface area contributed by atoms with Gasteiger partial charge in [0.05, 0.1) is 6.10 Å². The third-order valence-electron chi connectivity index (χ3n) is 9.17. The number of fused-ring (bicyclic) bond motifs is 8. The van der Waals surface area contributed by atoms with E-state index in [0.717, 1.165) is 49.6 Å². The molecule has 6 nitrogen and oxygen atoms in total. The summed E-state index contributed by atoms with van der Waals surface area (Å²) in [5.74, 6) is -0.805. The predicted molar refractivity (Wildman–Crippen MR) is 194 cm³/mol. The van der Waals surface area contributed by atoms with E-state index in [9.17, 15) is 0 Å². The number of benzene rings is 6. The molecule has 48 heavy (non-hydrogen) atoms. The molecular weight excluding hydrogens is 638 g/mol. The fourth-order valence-corrected chi connectivity index (χ4v) is 10.7. The van der Waals surface area contributed by atoms with Gasteiger partial charge in [0.25, 0.3) is 0 Å². The van der Waals surface area contributed by atoms with Gasteiger partial charge in [0.2, 0.25) is 0 Å².